The lowest BCUT2D eigenvalue weighted by atomic mass is 10.2. The molecule has 0 unspecified atom stereocenters. The van der Waals surface area contributed by atoms with Gasteiger partial charge in [-0.25, -0.2) is 12.8 Å². The second-order valence-electron chi connectivity index (χ2n) is 7.69. The minimum absolute atomic E-state index is 0.0209. The lowest BCUT2D eigenvalue weighted by Crippen LogP contribution is -2.48. The number of anilines is 1. The van der Waals surface area contributed by atoms with Gasteiger partial charge in [0.25, 0.3) is 11.8 Å². The Bertz CT molecular complexity index is 1300. The smallest absolute Gasteiger partial charge is 0.273 e. The number of hydrogen-bond acceptors (Lipinski definition) is 6. The Morgan fingerprint density at radius 2 is 1.62 bits per heavy atom. The van der Waals surface area contributed by atoms with E-state index in [2.05, 4.69) is 10.9 Å². The highest BCUT2D eigenvalue weighted by atomic mass is 32.2. The fraction of sp³-hybridized carbons (Fsp3) is 0.217. The van der Waals surface area contributed by atoms with Gasteiger partial charge in [-0.05, 0) is 55.5 Å². The van der Waals surface area contributed by atoms with Crippen LogP contribution in [0.25, 0.3) is 0 Å². The highest BCUT2D eigenvalue weighted by molar-refractivity contribution is 7.89. The molecule has 0 bridgehead atoms. The zero-order valence-corrected chi connectivity index (χ0v) is 19.1. The predicted molar refractivity (Wildman–Crippen MR) is 122 cm³/mol. The fourth-order valence-corrected chi connectivity index (χ4v) is 5.13. The number of nitrogens with one attached hydrogen (secondary N) is 2. The molecule has 2 N–H and O–H groups in total. The summed E-state index contributed by atoms with van der Waals surface area (Å²) >= 11 is 0. The summed E-state index contributed by atoms with van der Waals surface area (Å²) in [5.41, 5.74) is 5.74. The Labute approximate surface area is 196 Å². The highest BCUT2D eigenvalue weighted by Gasteiger charge is 2.29. The van der Waals surface area contributed by atoms with Gasteiger partial charge in [-0.3, -0.25) is 20.4 Å². The topological polar surface area (TPSA) is 112 Å². The molecule has 34 heavy (non-hydrogen) atoms. The number of halogens is 1. The molecule has 0 spiro atoms. The number of carbonyl (C=O) groups excluding carboxylic acids is 2. The van der Waals surface area contributed by atoms with Gasteiger partial charge in [-0.15, -0.1) is 0 Å². The van der Waals surface area contributed by atoms with Crippen LogP contribution in [0.15, 0.2) is 70.2 Å². The third-order valence-corrected chi connectivity index (χ3v) is 7.45. The van der Waals surface area contributed by atoms with E-state index in [-0.39, 0.29) is 34.9 Å². The molecule has 9 nitrogen and oxygen atoms in total. The number of rotatable bonds is 5. The van der Waals surface area contributed by atoms with Gasteiger partial charge in [0.2, 0.25) is 10.0 Å². The Hall–Kier alpha value is -3.70. The molecule has 1 aromatic heterocycles. The number of furan rings is 1. The first-order valence-electron chi connectivity index (χ1n) is 10.5. The van der Waals surface area contributed by atoms with Gasteiger partial charge >= 0.3 is 0 Å². The maximum absolute atomic E-state index is 13.2. The first kappa shape index (κ1) is 23.5. The van der Waals surface area contributed by atoms with Crippen molar-refractivity contribution in [2.24, 2.45) is 0 Å². The van der Waals surface area contributed by atoms with E-state index in [0.717, 1.165) is 5.69 Å². The van der Waals surface area contributed by atoms with E-state index in [1.807, 2.05) is 4.90 Å². The standard InChI is InChI=1S/C23H23FN4O5S/c1-16-21(9-14-33-16)23(30)26-25-22(29)17-3-2-4-20(15-17)34(31,32)28-12-10-27(11-13-28)19-7-5-18(24)6-8-19/h2-9,14-15H,10-13H2,1H3,(H,25,29)(H,26,30). The average molecular weight is 487 g/mol. The van der Waals surface area contributed by atoms with Crippen molar-refractivity contribution in [1.29, 1.82) is 0 Å². The lowest BCUT2D eigenvalue weighted by molar-refractivity contribution is 0.0845. The summed E-state index contributed by atoms with van der Waals surface area (Å²) in [6.45, 7) is 3.01. The number of benzene rings is 2. The number of sulfonamides is 1. The van der Waals surface area contributed by atoms with Crippen molar-refractivity contribution in [3.8, 4) is 0 Å². The van der Waals surface area contributed by atoms with E-state index >= 15 is 0 Å². The van der Waals surface area contributed by atoms with Gasteiger partial charge in [0.15, 0.2) is 0 Å². The molecule has 1 aliphatic rings. The molecule has 1 fully saturated rings. The maximum Gasteiger partial charge on any atom is 0.273 e. The molecular weight excluding hydrogens is 463 g/mol. The van der Waals surface area contributed by atoms with Crippen molar-refractivity contribution in [2.75, 3.05) is 31.1 Å². The van der Waals surface area contributed by atoms with Crippen LogP contribution in [0.4, 0.5) is 10.1 Å². The molecule has 0 saturated carbocycles. The van der Waals surface area contributed by atoms with Gasteiger partial charge in [0.05, 0.1) is 16.7 Å². The summed E-state index contributed by atoms with van der Waals surface area (Å²) < 4.78 is 45.9. The predicted octanol–water partition coefficient (Wildman–Crippen LogP) is 2.31. The van der Waals surface area contributed by atoms with Crippen molar-refractivity contribution in [3.63, 3.8) is 0 Å². The first-order valence-corrected chi connectivity index (χ1v) is 12.0. The van der Waals surface area contributed by atoms with Crippen LogP contribution < -0.4 is 15.8 Å². The molecule has 1 aliphatic heterocycles. The van der Waals surface area contributed by atoms with Crippen molar-refractivity contribution in [2.45, 2.75) is 11.8 Å². The number of hydrazine groups is 1. The fourth-order valence-electron chi connectivity index (χ4n) is 3.66. The Morgan fingerprint density at radius 1 is 0.941 bits per heavy atom. The number of nitrogens with zero attached hydrogens (tertiary/aromatic N) is 2. The minimum Gasteiger partial charge on any atom is -0.469 e. The lowest BCUT2D eigenvalue weighted by Gasteiger charge is -2.35. The normalized spacial score (nSPS) is 14.6. The Balaban J connectivity index is 1.40. The van der Waals surface area contributed by atoms with Crippen LogP contribution in [0.5, 0.6) is 0 Å². The number of aryl methyl sites for hydroxylation is 1. The zero-order valence-electron chi connectivity index (χ0n) is 18.3. The van der Waals surface area contributed by atoms with Crippen LogP contribution in [0.1, 0.15) is 26.5 Å². The average Bonchev–Trinajstić information content (AvgIpc) is 3.29. The maximum atomic E-state index is 13.2. The third kappa shape index (κ3) is 4.95. The molecular formula is C23H23FN4O5S. The van der Waals surface area contributed by atoms with Crippen molar-refractivity contribution in [3.05, 3.63) is 83.6 Å². The molecule has 0 radical (unpaired) electrons. The highest BCUT2D eigenvalue weighted by Crippen LogP contribution is 2.22. The van der Waals surface area contributed by atoms with Gasteiger partial charge in [0, 0.05) is 37.4 Å². The molecule has 178 valence electrons. The SMILES string of the molecule is Cc1occc1C(=O)NNC(=O)c1cccc(S(=O)(=O)N2CCN(c3ccc(F)cc3)CC2)c1. The number of amides is 2. The molecule has 0 aliphatic carbocycles. The summed E-state index contributed by atoms with van der Waals surface area (Å²) in [6, 6.07) is 13.1. The molecule has 2 aromatic carbocycles. The summed E-state index contributed by atoms with van der Waals surface area (Å²) in [5, 5.41) is 0. The first-order chi connectivity index (χ1) is 16.3. The van der Waals surface area contributed by atoms with E-state index in [1.165, 1.54) is 53.0 Å². The van der Waals surface area contributed by atoms with Gasteiger partial charge < -0.3 is 9.32 Å². The van der Waals surface area contributed by atoms with Crippen LogP contribution in [0, 0.1) is 12.7 Å². The van der Waals surface area contributed by atoms with Crippen molar-refractivity contribution < 1.29 is 26.8 Å². The van der Waals surface area contributed by atoms with Crippen molar-refractivity contribution in [1.82, 2.24) is 15.2 Å². The van der Waals surface area contributed by atoms with Crippen LogP contribution in [-0.4, -0.2) is 50.7 Å². The van der Waals surface area contributed by atoms with Crippen molar-refractivity contribution >= 4 is 27.5 Å². The minimum atomic E-state index is -3.84. The van der Waals surface area contributed by atoms with Gasteiger partial charge in [0.1, 0.15) is 11.6 Å². The number of piperazine rings is 1. The van der Waals surface area contributed by atoms with E-state index in [9.17, 15) is 22.4 Å². The van der Waals surface area contributed by atoms with E-state index in [4.69, 9.17) is 4.42 Å². The van der Waals surface area contributed by atoms with E-state index in [1.54, 1.807) is 19.1 Å². The van der Waals surface area contributed by atoms with Gasteiger partial charge in [-0.1, -0.05) is 6.07 Å². The number of carbonyl (C=O) groups is 2. The zero-order chi connectivity index (χ0) is 24.3. The van der Waals surface area contributed by atoms with Gasteiger partial charge in [-0.2, -0.15) is 4.31 Å². The second-order valence-corrected chi connectivity index (χ2v) is 9.63. The molecule has 1 saturated heterocycles. The molecule has 4 rings (SSSR count). The van der Waals surface area contributed by atoms with Crippen LogP contribution in [0.2, 0.25) is 0 Å². The monoisotopic (exact) mass is 486 g/mol. The molecule has 2 amide bonds. The molecule has 0 atom stereocenters. The third-order valence-electron chi connectivity index (χ3n) is 5.56. The van der Waals surface area contributed by atoms with Crippen LogP contribution >= 0.6 is 0 Å². The van der Waals surface area contributed by atoms with Crippen LogP contribution in [0.3, 0.4) is 0 Å². The second kappa shape index (κ2) is 9.65. The summed E-state index contributed by atoms with van der Waals surface area (Å²) in [7, 11) is -3.84. The summed E-state index contributed by atoms with van der Waals surface area (Å²) in [6.07, 6.45) is 1.36. The largest absolute Gasteiger partial charge is 0.469 e. The Kier molecular flexibility index (Phi) is 6.66. The number of hydrogen-bond donors (Lipinski definition) is 2. The Morgan fingerprint density at radius 3 is 2.26 bits per heavy atom. The molecule has 2 heterocycles. The molecule has 3 aromatic rings. The van der Waals surface area contributed by atoms with E-state index in [0.29, 0.717) is 18.8 Å². The van der Waals surface area contributed by atoms with E-state index < -0.39 is 21.8 Å². The van der Waals surface area contributed by atoms with Crippen LogP contribution in [-0.2, 0) is 10.0 Å². The summed E-state index contributed by atoms with van der Waals surface area (Å²) in [5.74, 6) is -1.14. The summed E-state index contributed by atoms with van der Waals surface area (Å²) in [4.78, 5) is 26.6. The molecule has 11 heteroatoms. The quantitative estimate of drug-likeness (QED) is 0.536.